The molecule has 0 radical (unpaired) electrons. The molecule has 0 amide bonds. The topological polar surface area (TPSA) is 29.5 Å². The average Bonchev–Trinajstić information content (AvgIpc) is 1.59. The zero-order valence-electron chi connectivity index (χ0n) is 58.9. The van der Waals surface area contributed by atoms with Crippen molar-refractivity contribution in [2.75, 3.05) is 9.80 Å². The second-order valence-corrected chi connectivity index (χ2v) is 28.6. The van der Waals surface area contributed by atoms with E-state index in [0.717, 1.165) is 84.1 Å². The summed E-state index contributed by atoms with van der Waals surface area (Å²) in [5.41, 5.74) is 27.4. The van der Waals surface area contributed by atoms with Gasteiger partial charge in [-0.25, -0.2) is 0 Å². The minimum absolute atomic E-state index is 0.910. The van der Waals surface area contributed by atoms with Gasteiger partial charge in [-0.2, -0.15) is 0 Å². The number of para-hydroxylation sites is 5. The maximum atomic E-state index is 6.45. The van der Waals surface area contributed by atoms with Crippen molar-refractivity contribution >= 4 is 131 Å². The van der Waals surface area contributed by atoms with E-state index < -0.39 is 0 Å². The molecule has 21 rings (SSSR count). The van der Waals surface area contributed by atoms with E-state index in [9.17, 15) is 0 Å². The number of nitrogens with zero attached hydrogens (tertiary/aromatic N) is 4. The van der Waals surface area contributed by atoms with E-state index in [2.05, 4.69) is 419 Å². The predicted octanol–water partition coefficient (Wildman–Crippen LogP) is 29.1. The average molecular weight is 1400 g/mol. The van der Waals surface area contributed by atoms with Crippen LogP contribution >= 0.6 is 11.3 Å². The third-order valence-corrected chi connectivity index (χ3v) is 22.4. The van der Waals surface area contributed by atoms with Gasteiger partial charge < -0.3 is 23.4 Å². The third kappa shape index (κ3) is 11.4. The van der Waals surface area contributed by atoms with Gasteiger partial charge in [-0.1, -0.05) is 267 Å². The fourth-order valence-corrected chi connectivity index (χ4v) is 17.3. The number of thiophene rings is 1. The quantitative estimate of drug-likeness (QED) is 0.115. The number of anilines is 6. The van der Waals surface area contributed by atoms with E-state index in [-0.39, 0.29) is 0 Å². The first-order valence-corrected chi connectivity index (χ1v) is 37.6. The number of benzene rings is 17. The van der Waals surface area contributed by atoms with Crippen LogP contribution in [-0.2, 0) is 0 Å². The van der Waals surface area contributed by atoms with E-state index >= 15 is 0 Å². The highest BCUT2D eigenvalue weighted by Gasteiger charge is 2.22. The van der Waals surface area contributed by atoms with Crippen LogP contribution in [0.5, 0.6) is 0 Å². The van der Waals surface area contributed by atoms with Gasteiger partial charge in [0, 0.05) is 104 Å². The first kappa shape index (κ1) is 63.6. The molecule has 5 nitrogen and oxygen atoms in total. The summed E-state index contributed by atoms with van der Waals surface area (Å²) in [6.45, 7) is 0. The summed E-state index contributed by atoms with van der Waals surface area (Å²) in [6, 6.07) is 148. The molecule has 108 heavy (non-hydrogen) atoms. The Morgan fingerprint density at radius 2 is 0.546 bits per heavy atom. The van der Waals surface area contributed by atoms with Crippen LogP contribution in [0.25, 0.3) is 153 Å². The Morgan fingerprint density at radius 3 is 1.03 bits per heavy atom. The first-order valence-electron chi connectivity index (χ1n) is 36.8. The van der Waals surface area contributed by atoms with Crippen LogP contribution in [0.2, 0.25) is 0 Å². The summed E-state index contributed by atoms with van der Waals surface area (Å²) in [4.78, 5) is 4.66. The molecule has 0 aliphatic heterocycles. The number of furan rings is 1. The van der Waals surface area contributed by atoms with Gasteiger partial charge in [0.1, 0.15) is 11.2 Å². The number of hydrogen-bond acceptors (Lipinski definition) is 4. The molecular formula is C102H68N4OS. The molecule has 6 heteroatoms. The van der Waals surface area contributed by atoms with Crippen molar-refractivity contribution in [3.05, 3.63) is 413 Å². The summed E-state index contributed by atoms with van der Waals surface area (Å²) in [5.74, 6) is 0. The van der Waals surface area contributed by atoms with E-state index in [1.165, 1.54) is 103 Å². The normalized spacial score (nSPS) is 11.5. The minimum Gasteiger partial charge on any atom is -0.455 e. The van der Waals surface area contributed by atoms with Crippen molar-refractivity contribution < 1.29 is 4.42 Å². The Morgan fingerprint density at radius 1 is 0.213 bits per heavy atom. The van der Waals surface area contributed by atoms with Crippen LogP contribution in [0.15, 0.2) is 417 Å². The van der Waals surface area contributed by atoms with Crippen molar-refractivity contribution in [1.29, 1.82) is 0 Å². The Kier molecular flexibility index (Phi) is 16.0. The third-order valence-electron chi connectivity index (χ3n) is 21.2. The SMILES string of the molecule is c1ccc(-c2ccc(N(c3ccc(-c4ccccc4)cc3)c3ccc(-n4c5ccccc5c5cc(-c6cccc7c6oc6ccccc67)ccc54)cc3)cc2)cc1.c1ccc(-c2ccc(N(c3ccccc3)c3ccc(-n4c5ccccc5c5cc(-c6cccc7c6sc6ccccc67)ccc54)cc3)cc2)cc1. The number of rotatable bonds is 13. The zero-order valence-corrected chi connectivity index (χ0v) is 59.7. The standard InChI is InChI=1S/C54H36N2O.C48H32N2S/c1-3-12-37(13-4-1)39-22-27-42(28-23-39)55(43-29-24-40(25-30-43)38-14-5-2-6-15-38)44-31-33-45(34-32-44)56-51-20-9-7-16-47(51)50-36-41(26-35-52(50)56)46-18-11-19-49-48-17-8-10-21-53(48)57-54(46)49;1-3-12-33(13-4-1)34-22-25-37(26-23-34)49(36-14-5-2-6-15-36)38-27-29-39(30-28-38)50-45-20-9-7-16-41(45)44-32-35(24-31-46(44)50)40-18-11-19-43-42-17-8-10-21-47(42)51-48(40)43/h1-36H;1-32H. The number of hydrogen-bond donors (Lipinski definition) is 0. The van der Waals surface area contributed by atoms with Gasteiger partial charge in [0.2, 0.25) is 0 Å². The van der Waals surface area contributed by atoms with Gasteiger partial charge in [-0.05, 0) is 196 Å². The van der Waals surface area contributed by atoms with Crippen LogP contribution in [0.3, 0.4) is 0 Å². The molecule has 0 saturated heterocycles. The van der Waals surface area contributed by atoms with E-state index in [1.807, 2.05) is 23.5 Å². The summed E-state index contributed by atoms with van der Waals surface area (Å²) in [6.07, 6.45) is 0. The molecule has 4 aromatic heterocycles. The van der Waals surface area contributed by atoms with Crippen LogP contribution in [0.1, 0.15) is 0 Å². The molecule has 0 atom stereocenters. The van der Waals surface area contributed by atoms with Crippen molar-refractivity contribution in [2.45, 2.75) is 0 Å². The molecule has 0 fully saturated rings. The molecule has 0 bridgehead atoms. The highest BCUT2D eigenvalue weighted by atomic mass is 32.1. The molecule has 17 aromatic carbocycles. The number of aromatic nitrogens is 2. The van der Waals surface area contributed by atoms with Crippen LogP contribution < -0.4 is 9.80 Å². The van der Waals surface area contributed by atoms with Gasteiger partial charge >= 0.3 is 0 Å². The summed E-state index contributed by atoms with van der Waals surface area (Å²) in [5, 5.41) is 9.87. The highest BCUT2D eigenvalue weighted by Crippen LogP contribution is 2.46. The molecule has 4 heterocycles. The fourth-order valence-electron chi connectivity index (χ4n) is 16.1. The molecule has 0 aliphatic rings. The summed E-state index contributed by atoms with van der Waals surface area (Å²) >= 11 is 1.88. The van der Waals surface area contributed by atoms with Crippen molar-refractivity contribution in [2.24, 2.45) is 0 Å². The lowest BCUT2D eigenvalue weighted by Gasteiger charge is -2.26. The molecule has 0 N–H and O–H groups in total. The van der Waals surface area contributed by atoms with E-state index in [4.69, 9.17) is 4.42 Å². The van der Waals surface area contributed by atoms with E-state index in [1.54, 1.807) is 0 Å². The predicted molar refractivity (Wildman–Crippen MR) is 458 cm³/mol. The second kappa shape index (κ2) is 27.2. The lowest BCUT2D eigenvalue weighted by atomic mass is 10.0. The second-order valence-electron chi connectivity index (χ2n) is 27.5. The van der Waals surface area contributed by atoms with Gasteiger partial charge in [0.25, 0.3) is 0 Å². The van der Waals surface area contributed by atoms with E-state index in [0.29, 0.717) is 0 Å². The summed E-state index contributed by atoms with van der Waals surface area (Å²) < 4.78 is 13.9. The Hall–Kier alpha value is -14.0. The van der Waals surface area contributed by atoms with Gasteiger partial charge in [0.15, 0.2) is 0 Å². The van der Waals surface area contributed by atoms with Crippen LogP contribution in [0.4, 0.5) is 34.1 Å². The maximum Gasteiger partial charge on any atom is 0.143 e. The first-order chi connectivity index (χ1) is 53.6. The summed E-state index contributed by atoms with van der Waals surface area (Å²) in [7, 11) is 0. The van der Waals surface area contributed by atoms with Crippen molar-refractivity contribution in [3.8, 4) is 67.0 Å². The maximum absolute atomic E-state index is 6.45. The molecule has 21 aromatic rings. The Labute approximate surface area is 629 Å². The lowest BCUT2D eigenvalue weighted by molar-refractivity contribution is 0.670. The molecule has 508 valence electrons. The zero-order chi connectivity index (χ0) is 71.4. The minimum atomic E-state index is 0.910. The Balaban J connectivity index is 0.000000143. The van der Waals surface area contributed by atoms with Crippen molar-refractivity contribution in [3.63, 3.8) is 0 Å². The molecule has 0 spiro atoms. The molecule has 0 aliphatic carbocycles. The highest BCUT2D eigenvalue weighted by molar-refractivity contribution is 7.26. The van der Waals surface area contributed by atoms with Crippen LogP contribution in [0, 0.1) is 0 Å². The Bertz CT molecular complexity index is 6780. The largest absolute Gasteiger partial charge is 0.455 e. The molecular weight excluding hydrogens is 1330 g/mol. The fraction of sp³-hybridized carbons (Fsp3) is 0. The van der Waals surface area contributed by atoms with Gasteiger partial charge in [-0.3, -0.25) is 0 Å². The monoisotopic (exact) mass is 1400 g/mol. The van der Waals surface area contributed by atoms with Gasteiger partial charge in [0.05, 0.1) is 22.1 Å². The molecule has 0 unspecified atom stereocenters. The van der Waals surface area contributed by atoms with Crippen molar-refractivity contribution in [1.82, 2.24) is 9.13 Å². The van der Waals surface area contributed by atoms with Crippen LogP contribution in [-0.4, -0.2) is 9.13 Å². The molecule has 0 saturated carbocycles. The lowest BCUT2D eigenvalue weighted by Crippen LogP contribution is -2.10. The van der Waals surface area contributed by atoms with Gasteiger partial charge in [-0.15, -0.1) is 11.3 Å². The smallest absolute Gasteiger partial charge is 0.143 e. The number of fused-ring (bicyclic) bond motifs is 12.